The summed E-state index contributed by atoms with van der Waals surface area (Å²) in [6.45, 7) is 0. The quantitative estimate of drug-likeness (QED) is 0.159. The van der Waals surface area contributed by atoms with Crippen LogP contribution in [0.2, 0.25) is 0 Å². The lowest BCUT2D eigenvalue weighted by atomic mass is 9.91. The maximum absolute atomic E-state index is 5.31. The summed E-state index contributed by atoms with van der Waals surface area (Å²) in [5.74, 6) is 0. The number of hydrogen-bond acceptors (Lipinski definition) is 2. The van der Waals surface area contributed by atoms with Crippen molar-refractivity contribution in [1.82, 2.24) is 9.97 Å². The van der Waals surface area contributed by atoms with Crippen molar-refractivity contribution < 1.29 is 0 Å². The Hall–Kier alpha value is -7.68. The molecule has 0 aliphatic heterocycles. The molecule has 270 valence electrons. The summed E-state index contributed by atoms with van der Waals surface area (Å²) in [7, 11) is 0. The predicted octanol–water partition coefficient (Wildman–Crippen LogP) is 15.1. The second-order valence-electron chi connectivity index (χ2n) is 14.9. The second kappa shape index (κ2) is 14.1. The van der Waals surface area contributed by atoms with Gasteiger partial charge in [-0.05, 0) is 108 Å². The highest BCUT2D eigenvalue weighted by Crippen LogP contribution is 2.39. The first-order chi connectivity index (χ1) is 28.7. The topological polar surface area (TPSA) is 25.8 Å². The zero-order chi connectivity index (χ0) is 38.4. The van der Waals surface area contributed by atoms with Crippen molar-refractivity contribution in [1.29, 1.82) is 0 Å². The molecular weight excluding hydrogens is 701 g/mol. The van der Waals surface area contributed by atoms with Gasteiger partial charge in [-0.1, -0.05) is 176 Å². The molecule has 2 heteroatoms. The molecule has 0 saturated heterocycles. The third-order valence-corrected chi connectivity index (χ3v) is 11.4. The van der Waals surface area contributed by atoms with Crippen LogP contribution in [-0.2, 0) is 0 Å². The average Bonchev–Trinajstić information content (AvgIpc) is 3.31. The van der Waals surface area contributed by atoms with E-state index >= 15 is 0 Å². The Morgan fingerprint density at radius 3 is 1.31 bits per heavy atom. The van der Waals surface area contributed by atoms with E-state index < -0.39 is 0 Å². The van der Waals surface area contributed by atoms with Crippen molar-refractivity contribution in [2.75, 3.05) is 0 Å². The lowest BCUT2D eigenvalue weighted by Gasteiger charge is -2.14. The fourth-order valence-electron chi connectivity index (χ4n) is 8.58. The number of pyridine rings is 2. The smallest absolute Gasteiger partial charge is 0.0723 e. The van der Waals surface area contributed by atoms with Gasteiger partial charge in [-0.25, -0.2) is 9.97 Å². The van der Waals surface area contributed by atoms with Gasteiger partial charge in [0.15, 0.2) is 0 Å². The van der Waals surface area contributed by atoms with Gasteiger partial charge in [-0.3, -0.25) is 0 Å². The highest BCUT2D eigenvalue weighted by atomic mass is 14.7. The normalized spacial score (nSPS) is 11.4. The van der Waals surface area contributed by atoms with E-state index in [0.717, 1.165) is 66.9 Å². The molecule has 0 bridgehead atoms. The van der Waals surface area contributed by atoms with Gasteiger partial charge in [0.05, 0.1) is 22.6 Å². The van der Waals surface area contributed by atoms with Crippen LogP contribution in [0.4, 0.5) is 0 Å². The van der Waals surface area contributed by atoms with Crippen molar-refractivity contribution in [3.63, 3.8) is 0 Å². The Morgan fingerprint density at radius 2 is 0.655 bits per heavy atom. The molecule has 0 radical (unpaired) electrons. The third-order valence-electron chi connectivity index (χ3n) is 11.4. The van der Waals surface area contributed by atoms with Crippen LogP contribution in [-0.4, -0.2) is 9.97 Å². The molecule has 0 amide bonds. The first kappa shape index (κ1) is 33.6. The van der Waals surface area contributed by atoms with E-state index in [0.29, 0.717) is 0 Å². The van der Waals surface area contributed by atoms with E-state index in [9.17, 15) is 0 Å². The molecule has 0 spiro atoms. The summed E-state index contributed by atoms with van der Waals surface area (Å²) in [5, 5.41) is 8.78. The number of hydrogen-bond donors (Lipinski definition) is 0. The monoisotopic (exact) mass is 736 g/mol. The van der Waals surface area contributed by atoms with E-state index in [-0.39, 0.29) is 0 Å². The number of rotatable bonds is 6. The molecule has 0 unspecified atom stereocenters. The van der Waals surface area contributed by atoms with Gasteiger partial charge in [-0.2, -0.15) is 0 Å². The van der Waals surface area contributed by atoms with Crippen LogP contribution < -0.4 is 0 Å². The van der Waals surface area contributed by atoms with Gasteiger partial charge in [0.1, 0.15) is 0 Å². The van der Waals surface area contributed by atoms with Gasteiger partial charge in [0, 0.05) is 22.1 Å². The Labute approximate surface area is 337 Å². The second-order valence-corrected chi connectivity index (χ2v) is 14.9. The van der Waals surface area contributed by atoms with Gasteiger partial charge >= 0.3 is 0 Å². The van der Waals surface area contributed by atoms with Crippen molar-refractivity contribution in [3.05, 3.63) is 218 Å². The first-order valence-corrected chi connectivity index (χ1v) is 19.8. The summed E-state index contributed by atoms with van der Waals surface area (Å²) in [6.07, 6.45) is 0. The number of para-hydroxylation sites is 1. The highest BCUT2D eigenvalue weighted by Gasteiger charge is 2.16. The summed E-state index contributed by atoms with van der Waals surface area (Å²) in [5.41, 5.74) is 13.9. The molecule has 0 saturated carbocycles. The van der Waals surface area contributed by atoms with E-state index in [1.807, 2.05) is 6.07 Å². The predicted molar refractivity (Wildman–Crippen MR) is 245 cm³/mol. The molecule has 2 heterocycles. The standard InChI is InChI=1S/C56H36N2/c1-3-15-37(16-4-1)44-34-54(38-17-5-2-6-18-38)58-56(35-44)52-36-55(57-53-28-12-11-27-50(52)53)43-22-14-21-41(32-43)39-19-13-20-40(31-39)42-29-30-49-47-25-8-7-23-45(47)46-24-9-10-26-48(46)51(49)33-42/h1-36H. The van der Waals surface area contributed by atoms with Crippen LogP contribution >= 0.6 is 0 Å². The molecule has 11 rings (SSSR count). The maximum Gasteiger partial charge on any atom is 0.0723 e. The minimum atomic E-state index is 0.911. The van der Waals surface area contributed by atoms with E-state index in [1.54, 1.807) is 0 Å². The number of nitrogens with zero attached hydrogens (tertiary/aromatic N) is 2. The molecule has 2 aromatic heterocycles. The van der Waals surface area contributed by atoms with Gasteiger partial charge in [-0.15, -0.1) is 0 Å². The van der Waals surface area contributed by atoms with Crippen molar-refractivity contribution in [2.45, 2.75) is 0 Å². The zero-order valence-corrected chi connectivity index (χ0v) is 31.7. The van der Waals surface area contributed by atoms with Crippen LogP contribution in [0.1, 0.15) is 0 Å². The van der Waals surface area contributed by atoms with Crippen molar-refractivity contribution in [2.24, 2.45) is 0 Å². The van der Waals surface area contributed by atoms with Crippen LogP contribution in [0.3, 0.4) is 0 Å². The minimum absolute atomic E-state index is 0.911. The molecule has 9 aromatic carbocycles. The number of fused-ring (bicyclic) bond motifs is 7. The van der Waals surface area contributed by atoms with E-state index in [2.05, 4.69) is 212 Å². The lowest BCUT2D eigenvalue weighted by Crippen LogP contribution is -1.95. The average molecular weight is 737 g/mol. The SMILES string of the molecule is c1ccc(-c2cc(-c3ccccc3)nc(-c3cc(-c4cccc(-c5cccc(-c6ccc7c8ccccc8c8ccccc8c7c6)c5)c4)nc4ccccc34)c2)cc1. The molecule has 11 aromatic rings. The highest BCUT2D eigenvalue weighted by molar-refractivity contribution is 6.25. The first-order valence-electron chi connectivity index (χ1n) is 19.8. The van der Waals surface area contributed by atoms with Gasteiger partial charge in [0.25, 0.3) is 0 Å². The number of aromatic nitrogens is 2. The molecule has 2 nitrogen and oxygen atoms in total. The van der Waals surface area contributed by atoms with Crippen molar-refractivity contribution in [3.8, 4) is 67.2 Å². The maximum atomic E-state index is 5.31. The van der Waals surface area contributed by atoms with Crippen LogP contribution in [0.25, 0.3) is 110 Å². The Bertz CT molecular complexity index is 3240. The Morgan fingerprint density at radius 1 is 0.207 bits per heavy atom. The lowest BCUT2D eigenvalue weighted by molar-refractivity contribution is 1.32. The molecule has 0 N–H and O–H groups in total. The molecule has 0 atom stereocenters. The van der Waals surface area contributed by atoms with Crippen LogP contribution in [0.15, 0.2) is 218 Å². The molecular formula is C56H36N2. The molecule has 0 fully saturated rings. The molecule has 58 heavy (non-hydrogen) atoms. The molecule has 0 aliphatic carbocycles. The molecule has 0 aliphatic rings. The van der Waals surface area contributed by atoms with Gasteiger partial charge < -0.3 is 0 Å². The Kier molecular flexibility index (Phi) is 8.19. The summed E-state index contributed by atoms with van der Waals surface area (Å²) in [4.78, 5) is 10.6. The summed E-state index contributed by atoms with van der Waals surface area (Å²) in [6, 6.07) is 78.1. The van der Waals surface area contributed by atoms with Gasteiger partial charge in [0.2, 0.25) is 0 Å². The van der Waals surface area contributed by atoms with Crippen LogP contribution in [0, 0.1) is 0 Å². The third kappa shape index (κ3) is 6.00. The fourth-order valence-corrected chi connectivity index (χ4v) is 8.58. The summed E-state index contributed by atoms with van der Waals surface area (Å²) >= 11 is 0. The zero-order valence-electron chi connectivity index (χ0n) is 31.7. The largest absolute Gasteiger partial charge is 0.248 e. The minimum Gasteiger partial charge on any atom is -0.248 e. The number of benzene rings is 9. The van der Waals surface area contributed by atoms with Crippen molar-refractivity contribution >= 4 is 43.2 Å². The Balaban J connectivity index is 1.02. The fraction of sp³-hybridized carbons (Fsp3) is 0. The summed E-state index contributed by atoms with van der Waals surface area (Å²) < 4.78 is 0. The van der Waals surface area contributed by atoms with E-state index in [1.165, 1.54) is 43.4 Å². The van der Waals surface area contributed by atoms with E-state index in [4.69, 9.17) is 9.97 Å². The van der Waals surface area contributed by atoms with Crippen LogP contribution in [0.5, 0.6) is 0 Å².